The van der Waals surface area contributed by atoms with Gasteiger partial charge in [0.2, 0.25) is 11.8 Å². The molecule has 4 nitrogen and oxygen atoms in total. The quantitative estimate of drug-likeness (QED) is 0.450. The second-order valence-corrected chi connectivity index (χ2v) is 2.73. The zero-order valence-corrected chi connectivity index (χ0v) is 6.76. The summed E-state index contributed by atoms with van der Waals surface area (Å²) in [5.41, 5.74) is 0. The van der Waals surface area contributed by atoms with Gasteiger partial charge in [0.25, 0.3) is 0 Å². The van der Waals surface area contributed by atoms with E-state index in [0.29, 0.717) is 12.8 Å². The molecule has 2 amide bonds. The van der Waals surface area contributed by atoms with Crippen molar-refractivity contribution < 1.29 is 15.1 Å². The fourth-order valence-electron chi connectivity index (χ4n) is 1.08. The molecule has 1 atom stereocenters. The van der Waals surface area contributed by atoms with Crippen LogP contribution in [0, 0.1) is 5.92 Å². The van der Waals surface area contributed by atoms with Crippen LogP contribution in [-0.2, 0) is 9.59 Å². The van der Waals surface area contributed by atoms with Crippen molar-refractivity contribution in [2.24, 2.45) is 5.92 Å². The van der Waals surface area contributed by atoms with Gasteiger partial charge in [-0.1, -0.05) is 6.92 Å². The van der Waals surface area contributed by atoms with Gasteiger partial charge < -0.3 is 5.48 Å². The fourth-order valence-corrected chi connectivity index (χ4v) is 1.08. The number of imide groups is 1. The fraction of sp³-hybridized carbons (Fsp3) is 0.714. The molecule has 4 heteroatoms. The Bertz CT molecular complexity index is 179. The summed E-state index contributed by atoms with van der Waals surface area (Å²) in [5, 5.41) is 0. The molecule has 2 N–H and O–H groups in total. The molecule has 1 aliphatic heterocycles. The van der Waals surface area contributed by atoms with E-state index in [1.54, 1.807) is 7.05 Å². The maximum Gasteiger partial charge on any atom is 0.231 e. The Labute approximate surface area is 65.5 Å². The summed E-state index contributed by atoms with van der Waals surface area (Å²) in [6.45, 7) is 1.85. The van der Waals surface area contributed by atoms with Crippen molar-refractivity contribution >= 4 is 11.8 Å². The van der Waals surface area contributed by atoms with Crippen LogP contribution in [-0.4, -0.2) is 29.2 Å². The lowest BCUT2D eigenvalue weighted by atomic mass is 9.99. The van der Waals surface area contributed by atoms with Gasteiger partial charge >= 0.3 is 0 Å². The maximum absolute atomic E-state index is 11.0. The standard InChI is InChI=1S/C7H11NO2.H2O/c1-5-3-4-6(9)8(2)7(5)10;/h5H,3-4H2,1-2H3;1H2. The summed E-state index contributed by atoms with van der Waals surface area (Å²) in [6.07, 6.45) is 1.23. The molecule has 1 rings (SSSR count). The monoisotopic (exact) mass is 159 g/mol. The molecule has 0 bridgehead atoms. The minimum Gasteiger partial charge on any atom is -0.412 e. The molecule has 1 aliphatic rings. The normalized spacial score (nSPS) is 24.9. The summed E-state index contributed by atoms with van der Waals surface area (Å²) in [4.78, 5) is 23.1. The molecule has 1 unspecified atom stereocenters. The maximum atomic E-state index is 11.0. The van der Waals surface area contributed by atoms with Gasteiger partial charge in [0.05, 0.1) is 0 Å². The van der Waals surface area contributed by atoms with E-state index in [9.17, 15) is 9.59 Å². The second kappa shape index (κ2) is 3.48. The molecule has 0 aliphatic carbocycles. The van der Waals surface area contributed by atoms with Crippen molar-refractivity contribution in [2.75, 3.05) is 7.05 Å². The molecule has 11 heavy (non-hydrogen) atoms. The van der Waals surface area contributed by atoms with E-state index < -0.39 is 0 Å². The summed E-state index contributed by atoms with van der Waals surface area (Å²) < 4.78 is 0. The summed E-state index contributed by atoms with van der Waals surface area (Å²) >= 11 is 0. The molecular formula is C7H13NO3. The van der Waals surface area contributed by atoms with Crippen molar-refractivity contribution in [1.29, 1.82) is 0 Å². The zero-order valence-electron chi connectivity index (χ0n) is 6.76. The van der Waals surface area contributed by atoms with Crippen LogP contribution in [0.5, 0.6) is 0 Å². The molecule has 0 aromatic heterocycles. The average Bonchev–Trinajstić information content (AvgIpc) is 1.93. The Morgan fingerprint density at radius 3 is 2.45 bits per heavy atom. The van der Waals surface area contributed by atoms with Crippen LogP contribution < -0.4 is 0 Å². The molecule has 0 spiro atoms. The first-order valence-electron chi connectivity index (χ1n) is 3.43. The first kappa shape index (κ1) is 10.1. The van der Waals surface area contributed by atoms with Gasteiger partial charge in [0, 0.05) is 19.4 Å². The van der Waals surface area contributed by atoms with Crippen LogP contribution in [0.15, 0.2) is 0 Å². The van der Waals surface area contributed by atoms with Crippen LogP contribution in [0.1, 0.15) is 19.8 Å². The SMILES string of the molecule is CC1CCC(=O)N(C)C1=O.O. The Morgan fingerprint density at radius 1 is 1.45 bits per heavy atom. The summed E-state index contributed by atoms with van der Waals surface area (Å²) in [7, 11) is 1.54. The van der Waals surface area contributed by atoms with Crippen molar-refractivity contribution in [3.05, 3.63) is 0 Å². The molecule has 1 heterocycles. The zero-order chi connectivity index (χ0) is 7.72. The van der Waals surface area contributed by atoms with Crippen molar-refractivity contribution in [1.82, 2.24) is 4.90 Å². The Balaban J connectivity index is 0.000001000. The Hall–Kier alpha value is -0.900. The number of amides is 2. The minimum atomic E-state index is -0.0527. The number of carbonyl (C=O) groups excluding carboxylic acids is 2. The average molecular weight is 159 g/mol. The van der Waals surface area contributed by atoms with Crippen molar-refractivity contribution in [2.45, 2.75) is 19.8 Å². The number of nitrogens with zero attached hydrogens (tertiary/aromatic N) is 1. The highest BCUT2D eigenvalue weighted by molar-refractivity contribution is 5.98. The van der Waals surface area contributed by atoms with Gasteiger partial charge in [0.1, 0.15) is 0 Å². The largest absolute Gasteiger partial charge is 0.412 e. The van der Waals surface area contributed by atoms with E-state index in [1.807, 2.05) is 6.92 Å². The van der Waals surface area contributed by atoms with E-state index in [-0.39, 0.29) is 23.2 Å². The predicted molar refractivity (Wildman–Crippen MR) is 39.8 cm³/mol. The number of piperidine rings is 1. The lowest BCUT2D eigenvalue weighted by Crippen LogP contribution is -2.41. The van der Waals surface area contributed by atoms with Crippen LogP contribution in [0.25, 0.3) is 0 Å². The van der Waals surface area contributed by atoms with Gasteiger partial charge in [-0.15, -0.1) is 0 Å². The number of hydrogen-bond donors (Lipinski definition) is 0. The summed E-state index contributed by atoms with van der Waals surface area (Å²) in [6, 6.07) is 0. The molecule has 0 aromatic rings. The Kier molecular flexibility index (Phi) is 3.19. The number of rotatable bonds is 0. The van der Waals surface area contributed by atoms with Crippen molar-refractivity contribution in [3.8, 4) is 0 Å². The first-order chi connectivity index (χ1) is 4.63. The highest BCUT2D eigenvalue weighted by Crippen LogP contribution is 2.16. The summed E-state index contributed by atoms with van der Waals surface area (Å²) in [5.74, 6) is -0.0675. The van der Waals surface area contributed by atoms with E-state index >= 15 is 0 Å². The van der Waals surface area contributed by atoms with Gasteiger partial charge in [-0.2, -0.15) is 0 Å². The highest BCUT2D eigenvalue weighted by Gasteiger charge is 2.27. The third-order valence-electron chi connectivity index (χ3n) is 1.92. The van der Waals surface area contributed by atoms with E-state index in [0.717, 1.165) is 0 Å². The lowest BCUT2D eigenvalue weighted by molar-refractivity contribution is -0.149. The van der Waals surface area contributed by atoms with Crippen molar-refractivity contribution in [3.63, 3.8) is 0 Å². The smallest absolute Gasteiger partial charge is 0.231 e. The first-order valence-corrected chi connectivity index (χ1v) is 3.43. The van der Waals surface area contributed by atoms with E-state index in [4.69, 9.17) is 0 Å². The predicted octanol–water partition coefficient (Wildman–Crippen LogP) is -0.423. The lowest BCUT2D eigenvalue weighted by Gasteiger charge is -2.24. The second-order valence-electron chi connectivity index (χ2n) is 2.73. The molecule has 1 saturated heterocycles. The van der Waals surface area contributed by atoms with Crippen LogP contribution in [0.3, 0.4) is 0 Å². The topological polar surface area (TPSA) is 68.9 Å². The number of carbonyl (C=O) groups is 2. The molecule has 0 aromatic carbocycles. The molecular weight excluding hydrogens is 146 g/mol. The van der Waals surface area contributed by atoms with E-state index in [1.165, 1.54) is 4.90 Å². The van der Waals surface area contributed by atoms with Crippen LogP contribution >= 0.6 is 0 Å². The minimum absolute atomic E-state index is 0. The number of likely N-dealkylation sites (tertiary alicyclic amines) is 1. The molecule has 0 radical (unpaired) electrons. The van der Waals surface area contributed by atoms with Gasteiger partial charge in [-0.25, -0.2) is 0 Å². The molecule has 64 valence electrons. The van der Waals surface area contributed by atoms with E-state index in [2.05, 4.69) is 0 Å². The third-order valence-corrected chi connectivity index (χ3v) is 1.92. The van der Waals surface area contributed by atoms with Crippen LogP contribution in [0.4, 0.5) is 0 Å². The third kappa shape index (κ3) is 1.77. The molecule has 1 fully saturated rings. The Morgan fingerprint density at radius 2 is 2.00 bits per heavy atom. The van der Waals surface area contributed by atoms with Gasteiger partial charge in [-0.05, 0) is 6.42 Å². The van der Waals surface area contributed by atoms with Crippen LogP contribution in [0.2, 0.25) is 0 Å². The van der Waals surface area contributed by atoms with Gasteiger partial charge in [0.15, 0.2) is 0 Å². The van der Waals surface area contributed by atoms with Gasteiger partial charge in [-0.3, -0.25) is 14.5 Å². The molecule has 0 saturated carbocycles. The number of hydrogen-bond acceptors (Lipinski definition) is 2. The highest BCUT2D eigenvalue weighted by atomic mass is 16.2.